The van der Waals surface area contributed by atoms with Crippen LogP contribution in [0.3, 0.4) is 0 Å². The van der Waals surface area contributed by atoms with Crippen LogP contribution in [0.1, 0.15) is 11.5 Å². The molecule has 1 heterocycles. The second-order valence-corrected chi connectivity index (χ2v) is 6.55. The highest BCUT2D eigenvalue weighted by atomic mass is 32.2. The van der Waals surface area contributed by atoms with Crippen molar-refractivity contribution in [2.75, 3.05) is 11.1 Å². The molecule has 28 heavy (non-hydrogen) atoms. The molecule has 0 radical (unpaired) electrons. The molecular weight excluding hydrogens is 384 g/mol. The number of hydrogen-bond acceptors (Lipinski definition) is 8. The normalized spacial score (nSPS) is 10.5. The molecule has 0 atom stereocenters. The molecule has 3 rings (SSSR count). The zero-order valence-corrected chi connectivity index (χ0v) is 15.6. The third-order valence-corrected chi connectivity index (χ3v) is 4.41. The van der Waals surface area contributed by atoms with Crippen LogP contribution in [0.15, 0.2) is 58.2 Å². The number of amides is 1. The topological polar surface area (TPSA) is 120 Å². The van der Waals surface area contributed by atoms with Crippen LogP contribution < -0.4 is 10.1 Å². The molecule has 10 heteroatoms. The molecule has 0 aliphatic heterocycles. The Bertz CT molecular complexity index is 991. The van der Waals surface area contributed by atoms with Crippen molar-refractivity contribution in [3.05, 3.63) is 70.1 Å². The van der Waals surface area contributed by atoms with Gasteiger partial charge in [-0.05, 0) is 24.6 Å². The molecule has 9 nitrogen and oxygen atoms in total. The average Bonchev–Trinajstić information content (AvgIpc) is 3.14. The number of thioether (sulfide) groups is 1. The standard InChI is InChI=1S/C18H16N4O5S/c1-12-6-2-5-9-15(12)26-10-17-20-21-18(27-17)28-11-16(23)19-13-7-3-4-8-14(13)22(24)25/h2-9H,10-11H2,1H3,(H,19,23). The monoisotopic (exact) mass is 400 g/mol. The van der Waals surface area contributed by atoms with Crippen molar-refractivity contribution < 1.29 is 18.9 Å². The van der Waals surface area contributed by atoms with Crippen LogP contribution in [0.5, 0.6) is 5.75 Å². The number of nitrogens with one attached hydrogen (secondary N) is 1. The zero-order chi connectivity index (χ0) is 19.9. The van der Waals surface area contributed by atoms with Crippen molar-refractivity contribution in [1.29, 1.82) is 0 Å². The molecule has 0 unspecified atom stereocenters. The number of carbonyl (C=O) groups is 1. The zero-order valence-electron chi connectivity index (χ0n) is 14.8. The minimum Gasteiger partial charge on any atom is -0.484 e. The fourth-order valence-corrected chi connectivity index (χ4v) is 2.85. The predicted octanol–water partition coefficient (Wildman–Crippen LogP) is 3.60. The first-order valence-electron chi connectivity index (χ1n) is 8.20. The third kappa shape index (κ3) is 5.07. The van der Waals surface area contributed by atoms with E-state index in [1.807, 2.05) is 31.2 Å². The van der Waals surface area contributed by atoms with E-state index >= 15 is 0 Å². The Kier molecular flexibility index (Phi) is 6.22. The summed E-state index contributed by atoms with van der Waals surface area (Å²) in [7, 11) is 0. The SMILES string of the molecule is Cc1ccccc1OCc1nnc(SCC(=O)Nc2ccccc2[N+](=O)[O-])o1. The smallest absolute Gasteiger partial charge is 0.292 e. The summed E-state index contributed by atoms with van der Waals surface area (Å²) in [5, 5.41) is 21.4. The summed E-state index contributed by atoms with van der Waals surface area (Å²) in [6, 6.07) is 13.5. The van der Waals surface area contributed by atoms with Crippen molar-refractivity contribution in [1.82, 2.24) is 10.2 Å². The first-order valence-corrected chi connectivity index (χ1v) is 9.18. The van der Waals surface area contributed by atoms with Gasteiger partial charge in [0.15, 0.2) is 6.61 Å². The number of rotatable bonds is 8. The number of aryl methyl sites for hydroxylation is 1. The summed E-state index contributed by atoms with van der Waals surface area (Å²) in [5.41, 5.74) is 0.952. The highest BCUT2D eigenvalue weighted by molar-refractivity contribution is 7.99. The number of anilines is 1. The van der Waals surface area contributed by atoms with E-state index in [0.29, 0.717) is 0 Å². The minimum atomic E-state index is -0.554. The van der Waals surface area contributed by atoms with Gasteiger partial charge in [-0.2, -0.15) is 0 Å². The van der Waals surface area contributed by atoms with E-state index in [9.17, 15) is 14.9 Å². The van der Waals surface area contributed by atoms with Crippen molar-refractivity contribution in [2.24, 2.45) is 0 Å². The van der Waals surface area contributed by atoms with Gasteiger partial charge in [-0.25, -0.2) is 0 Å². The van der Waals surface area contributed by atoms with Crippen LogP contribution in [0.4, 0.5) is 11.4 Å². The molecule has 0 saturated heterocycles. The molecule has 144 valence electrons. The molecule has 0 bridgehead atoms. The van der Waals surface area contributed by atoms with Crippen molar-refractivity contribution in [3.63, 3.8) is 0 Å². The number of carbonyl (C=O) groups excluding carboxylic acids is 1. The van der Waals surface area contributed by atoms with Gasteiger partial charge in [0.2, 0.25) is 5.91 Å². The van der Waals surface area contributed by atoms with Crippen LogP contribution in [0.25, 0.3) is 0 Å². The van der Waals surface area contributed by atoms with E-state index < -0.39 is 10.8 Å². The summed E-state index contributed by atoms with van der Waals surface area (Å²) in [6.45, 7) is 2.04. The molecule has 0 saturated carbocycles. The highest BCUT2D eigenvalue weighted by Gasteiger charge is 2.16. The lowest BCUT2D eigenvalue weighted by Gasteiger charge is -2.05. The van der Waals surface area contributed by atoms with E-state index in [0.717, 1.165) is 23.1 Å². The van der Waals surface area contributed by atoms with Gasteiger partial charge in [-0.1, -0.05) is 42.1 Å². The third-order valence-electron chi connectivity index (χ3n) is 3.59. The summed E-state index contributed by atoms with van der Waals surface area (Å²) < 4.78 is 11.1. The number of benzene rings is 2. The molecule has 0 spiro atoms. The number of hydrogen-bond donors (Lipinski definition) is 1. The Morgan fingerprint density at radius 2 is 1.96 bits per heavy atom. The Balaban J connectivity index is 1.51. The maximum Gasteiger partial charge on any atom is 0.292 e. The molecular formula is C18H16N4O5S. The van der Waals surface area contributed by atoms with E-state index in [1.54, 1.807) is 6.07 Å². The molecule has 3 aromatic rings. The Hall–Kier alpha value is -3.40. The van der Waals surface area contributed by atoms with Gasteiger partial charge in [0.25, 0.3) is 16.8 Å². The quantitative estimate of drug-likeness (QED) is 0.346. The van der Waals surface area contributed by atoms with Gasteiger partial charge < -0.3 is 14.5 Å². The lowest BCUT2D eigenvalue weighted by atomic mass is 10.2. The molecule has 0 aliphatic rings. The van der Waals surface area contributed by atoms with E-state index in [1.165, 1.54) is 18.2 Å². The average molecular weight is 400 g/mol. The fourth-order valence-electron chi connectivity index (χ4n) is 2.26. The van der Waals surface area contributed by atoms with Gasteiger partial charge in [-0.15, -0.1) is 10.2 Å². The van der Waals surface area contributed by atoms with E-state index in [2.05, 4.69) is 15.5 Å². The van der Waals surface area contributed by atoms with Gasteiger partial charge in [0.05, 0.1) is 10.7 Å². The summed E-state index contributed by atoms with van der Waals surface area (Å²) in [5.74, 6) is 0.547. The molecule has 2 aromatic carbocycles. The maximum absolute atomic E-state index is 12.0. The predicted molar refractivity (Wildman–Crippen MR) is 102 cm³/mol. The number of nitro groups is 1. The van der Waals surface area contributed by atoms with Crippen LogP contribution in [-0.4, -0.2) is 26.8 Å². The van der Waals surface area contributed by atoms with Crippen LogP contribution in [-0.2, 0) is 11.4 Å². The molecule has 0 fully saturated rings. The minimum absolute atomic E-state index is 0.0354. The number of nitrogens with zero attached hydrogens (tertiary/aromatic N) is 3. The van der Waals surface area contributed by atoms with Gasteiger partial charge >= 0.3 is 0 Å². The Morgan fingerprint density at radius 3 is 2.75 bits per heavy atom. The largest absolute Gasteiger partial charge is 0.484 e. The van der Waals surface area contributed by atoms with Crippen molar-refractivity contribution in [2.45, 2.75) is 18.8 Å². The highest BCUT2D eigenvalue weighted by Crippen LogP contribution is 2.24. The molecule has 1 aromatic heterocycles. The molecule has 1 N–H and O–H groups in total. The van der Waals surface area contributed by atoms with Crippen LogP contribution in [0.2, 0.25) is 0 Å². The van der Waals surface area contributed by atoms with Crippen LogP contribution >= 0.6 is 11.8 Å². The fraction of sp³-hybridized carbons (Fsp3) is 0.167. The number of ether oxygens (including phenoxy) is 1. The molecule has 0 aliphatic carbocycles. The van der Waals surface area contributed by atoms with Gasteiger partial charge in [0, 0.05) is 6.07 Å². The lowest BCUT2D eigenvalue weighted by molar-refractivity contribution is -0.383. The van der Waals surface area contributed by atoms with Gasteiger partial charge in [0.1, 0.15) is 11.4 Å². The Labute approximate surface area is 164 Å². The number of nitro benzene ring substituents is 1. The number of aromatic nitrogens is 2. The van der Waals surface area contributed by atoms with Crippen LogP contribution in [0, 0.1) is 17.0 Å². The van der Waals surface area contributed by atoms with E-state index in [4.69, 9.17) is 9.15 Å². The second kappa shape index (κ2) is 9.00. The molecule has 1 amide bonds. The van der Waals surface area contributed by atoms with E-state index in [-0.39, 0.29) is 34.8 Å². The van der Waals surface area contributed by atoms with Crippen molar-refractivity contribution in [3.8, 4) is 5.75 Å². The summed E-state index contributed by atoms with van der Waals surface area (Å²) >= 11 is 1.03. The maximum atomic E-state index is 12.0. The Morgan fingerprint density at radius 1 is 1.21 bits per heavy atom. The lowest BCUT2D eigenvalue weighted by Crippen LogP contribution is -2.15. The summed E-state index contributed by atoms with van der Waals surface area (Å²) in [6.07, 6.45) is 0. The van der Waals surface area contributed by atoms with Gasteiger partial charge in [-0.3, -0.25) is 14.9 Å². The first-order chi connectivity index (χ1) is 13.5. The summed E-state index contributed by atoms with van der Waals surface area (Å²) in [4.78, 5) is 22.5. The second-order valence-electron chi connectivity index (χ2n) is 5.63. The van der Waals surface area contributed by atoms with Crippen molar-refractivity contribution >= 4 is 29.0 Å². The first kappa shape index (κ1) is 19.4. The number of para-hydroxylation sites is 3.